The van der Waals surface area contributed by atoms with Crippen molar-refractivity contribution in [2.24, 2.45) is 0 Å². The van der Waals surface area contributed by atoms with Crippen molar-refractivity contribution in [3.63, 3.8) is 0 Å². The minimum Gasteiger partial charge on any atom is -0.276 e. The van der Waals surface area contributed by atoms with Gasteiger partial charge in [0, 0.05) is 18.8 Å². The van der Waals surface area contributed by atoms with Crippen LogP contribution in [0.25, 0.3) is 0 Å². The predicted molar refractivity (Wildman–Crippen MR) is 74.6 cm³/mol. The van der Waals surface area contributed by atoms with Gasteiger partial charge < -0.3 is 0 Å². The average molecular weight is 248 g/mol. The summed E-state index contributed by atoms with van der Waals surface area (Å²) in [5, 5.41) is 0. The van der Waals surface area contributed by atoms with Gasteiger partial charge in [-0.2, -0.15) is 0 Å². The van der Waals surface area contributed by atoms with E-state index < -0.39 is 0 Å². The smallest absolute Gasteiger partial charge is 0.235 e. The van der Waals surface area contributed by atoms with E-state index >= 15 is 0 Å². The first kappa shape index (κ1) is 14.7. The van der Waals surface area contributed by atoms with Crippen LogP contribution in [-0.2, 0) is 0 Å². The first-order valence-corrected chi connectivity index (χ1v) is 7.00. The zero-order chi connectivity index (χ0) is 13.1. The second kappa shape index (κ2) is 9.63. The second-order valence-corrected chi connectivity index (χ2v) is 4.60. The first-order chi connectivity index (χ1) is 8.84. The molecule has 0 aliphatic carbocycles. The molecule has 100 valence electrons. The van der Waals surface area contributed by atoms with Gasteiger partial charge in [0.05, 0.1) is 0 Å². The summed E-state index contributed by atoms with van der Waals surface area (Å²) in [5.74, 6) is 0.0756. The Labute approximate surface area is 110 Å². The molecule has 0 bridgehead atoms. The van der Waals surface area contributed by atoms with E-state index in [9.17, 15) is 4.79 Å². The van der Waals surface area contributed by atoms with Gasteiger partial charge in [0.2, 0.25) is 5.91 Å². The molecule has 3 heteroatoms. The van der Waals surface area contributed by atoms with Gasteiger partial charge in [-0.15, -0.1) is 0 Å². The Morgan fingerprint density at radius 1 is 1.17 bits per heavy atom. The molecule has 0 saturated carbocycles. The number of carbonyl (C=O) groups excluding carboxylic acids is 1. The van der Waals surface area contributed by atoms with E-state index in [0.717, 1.165) is 6.42 Å². The third-order valence-corrected chi connectivity index (χ3v) is 2.98. The van der Waals surface area contributed by atoms with Gasteiger partial charge >= 0.3 is 0 Å². The lowest BCUT2D eigenvalue weighted by Gasteiger charge is -1.98. The van der Waals surface area contributed by atoms with Crippen molar-refractivity contribution in [3.05, 3.63) is 30.9 Å². The second-order valence-electron chi connectivity index (χ2n) is 4.60. The number of aromatic nitrogens is 2. The summed E-state index contributed by atoms with van der Waals surface area (Å²) >= 11 is 0. The van der Waals surface area contributed by atoms with Crippen molar-refractivity contribution in [1.29, 1.82) is 0 Å². The molecule has 0 N–H and O–H groups in total. The number of nitrogens with zero attached hydrogens (tertiary/aromatic N) is 2. The van der Waals surface area contributed by atoms with Crippen LogP contribution in [0, 0.1) is 0 Å². The van der Waals surface area contributed by atoms with Crippen molar-refractivity contribution in [2.45, 2.75) is 58.3 Å². The summed E-state index contributed by atoms with van der Waals surface area (Å²) in [4.78, 5) is 15.4. The van der Waals surface area contributed by atoms with Gasteiger partial charge in [0.25, 0.3) is 0 Å². The van der Waals surface area contributed by atoms with E-state index in [1.54, 1.807) is 18.7 Å². The molecule has 0 radical (unpaired) electrons. The number of carbonyl (C=O) groups is 1. The van der Waals surface area contributed by atoms with Crippen LogP contribution in [0.2, 0.25) is 0 Å². The summed E-state index contributed by atoms with van der Waals surface area (Å²) in [6, 6.07) is 0. The third-order valence-electron chi connectivity index (χ3n) is 2.98. The molecule has 0 spiro atoms. The fraction of sp³-hybridized carbons (Fsp3) is 0.600. The molecule has 0 fully saturated rings. The van der Waals surface area contributed by atoms with Gasteiger partial charge in [-0.05, 0) is 12.8 Å². The molecule has 1 heterocycles. The van der Waals surface area contributed by atoms with Crippen molar-refractivity contribution in [3.8, 4) is 0 Å². The molecule has 0 atom stereocenters. The fourth-order valence-electron chi connectivity index (χ4n) is 1.86. The Balaban J connectivity index is 1.99. The van der Waals surface area contributed by atoms with Crippen LogP contribution in [0.1, 0.15) is 63.1 Å². The summed E-state index contributed by atoms with van der Waals surface area (Å²) in [5.41, 5.74) is 0. The lowest BCUT2D eigenvalue weighted by molar-refractivity contribution is 0.0917. The molecule has 18 heavy (non-hydrogen) atoms. The Kier molecular flexibility index (Phi) is 7.85. The van der Waals surface area contributed by atoms with Crippen LogP contribution >= 0.6 is 0 Å². The molecule has 1 aromatic heterocycles. The Bertz CT molecular complexity index is 341. The maximum absolute atomic E-state index is 11.6. The maximum atomic E-state index is 11.6. The van der Waals surface area contributed by atoms with Crippen LogP contribution in [-0.4, -0.2) is 15.5 Å². The topological polar surface area (TPSA) is 34.9 Å². The lowest BCUT2D eigenvalue weighted by Crippen LogP contribution is -2.05. The van der Waals surface area contributed by atoms with Crippen LogP contribution < -0.4 is 0 Å². The maximum Gasteiger partial charge on any atom is 0.235 e. The number of unbranched alkanes of at least 4 members (excludes halogenated alkanes) is 6. The van der Waals surface area contributed by atoms with Gasteiger partial charge in [-0.25, -0.2) is 4.98 Å². The quantitative estimate of drug-likeness (QED) is 0.484. The van der Waals surface area contributed by atoms with E-state index in [1.807, 2.05) is 6.08 Å². The standard InChI is InChI=1S/C15H24N2O/c1-2-3-4-5-6-7-8-9-10-11-15(18)17-13-12-16-14-17/h9-10,12-14H,2-8,11H2,1H3/b10-9-. The number of rotatable bonds is 9. The molecule has 0 unspecified atom stereocenters. The highest BCUT2D eigenvalue weighted by molar-refractivity contribution is 5.79. The number of imidazole rings is 1. The van der Waals surface area contributed by atoms with Gasteiger partial charge in [-0.3, -0.25) is 9.36 Å². The normalized spacial score (nSPS) is 11.2. The molecular formula is C15H24N2O. The van der Waals surface area contributed by atoms with Crippen molar-refractivity contribution in [2.75, 3.05) is 0 Å². The minimum atomic E-state index is 0.0756. The molecule has 0 saturated heterocycles. The van der Waals surface area contributed by atoms with Crippen LogP contribution in [0.4, 0.5) is 0 Å². The highest BCUT2D eigenvalue weighted by Crippen LogP contribution is 2.07. The average Bonchev–Trinajstić information content (AvgIpc) is 2.90. The van der Waals surface area contributed by atoms with Gasteiger partial charge in [-0.1, -0.05) is 51.2 Å². The molecule has 0 amide bonds. The summed E-state index contributed by atoms with van der Waals surface area (Å²) < 4.78 is 1.52. The van der Waals surface area contributed by atoms with Crippen LogP contribution in [0.3, 0.4) is 0 Å². The van der Waals surface area contributed by atoms with E-state index in [1.165, 1.54) is 43.1 Å². The summed E-state index contributed by atoms with van der Waals surface area (Å²) in [6.07, 6.45) is 18.4. The van der Waals surface area contributed by atoms with E-state index in [4.69, 9.17) is 0 Å². The zero-order valence-electron chi connectivity index (χ0n) is 11.3. The largest absolute Gasteiger partial charge is 0.276 e. The molecule has 1 aromatic rings. The first-order valence-electron chi connectivity index (χ1n) is 7.00. The molecule has 3 nitrogen and oxygen atoms in total. The van der Waals surface area contributed by atoms with E-state index in [0.29, 0.717) is 6.42 Å². The molecule has 0 aromatic carbocycles. The minimum absolute atomic E-state index is 0.0756. The Hall–Kier alpha value is -1.38. The Morgan fingerprint density at radius 3 is 2.67 bits per heavy atom. The van der Waals surface area contributed by atoms with Crippen molar-refractivity contribution < 1.29 is 4.79 Å². The fourth-order valence-corrected chi connectivity index (χ4v) is 1.86. The monoisotopic (exact) mass is 248 g/mol. The van der Waals surface area contributed by atoms with E-state index in [2.05, 4.69) is 18.0 Å². The highest BCUT2D eigenvalue weighted by Gasteiger charge is 1.99. The van der Waals surface area contributed by atoms with Gasteiger partial charge in [0.1, 0.15) is 6.33 Å². The third kappa shape index (κ3) is 6.38. The van der Waals surface area contributed by atoms with Crippen LogP contribution in [0.15, 0.2) is 30.9 Å². The molecule has 1 rings (SSSR count). The van der Waals surface area contributed by atoms with Crippen LogP contribution in [0.5, 0.6) is 0 Å². The number of hydrogen-bond donors (Lipinski definition) is 0. The molecule has 0 aliphatic rings. The lowest BCUT2D eigenvalue weighted by atomic mass is 10.1. The predicted octanol–water partition coefficient (Wildman–Crippen LogP) is 4.22. The molecular weight excluding hydrogens is 224 g/mol. The number of allylic oxidation sites excluding steroid dienone is 2. The van der Waals surface area contributed by atoms with Gasteiger partial charge in [0.15, 0.2) is 0 Å². The van der Waals surface area contributed by atoms with E-state index in [-0.39, 0.29) is 5.91 Å². The Morgan fingerprint density at radius 2 is 1.94 bits per heavy atom. The molecule has 0 aliphatic heterocycles. The van der Waals surface area contributed by atoms with Crippen molar-refractivity contribution >= 4 is 5.91 Å². The highest BCUT2D eigenvalue weighted by atomic mass is 16.2. The SMILES string of the molecule is CCCCCCCC/C=C\CC(=O)n1ccnc1. The van der Waals surface area contributed by atoms with Crippen molar-refractivity contribution in [1.82, 2.24) is 9.55 Å². The summed E-state index contributed by atoms with van der Waals surface area (Å²) in [7, 11) is 0. The summed E-state index contributed by atoms with van der Waals surface area (Å²) in [6.45, 7) is 2.24. The number of hydrogen-bond acceptors (Lipinski definition) is 2. The zero-order valence-corrected chi connectivity index (χ0v) is 11.3.